The monoisotopic (exact) mass is 302 g/mol. The number of nitrogens with one attached hydrogen (secondary N) is 2. The molecule has 8 heteroatoms. The van der Waals surface area contributed by atoms with E-state index in [0.29, 0.717) is 12.6 Å². The Morgan fingerprint density at radius 2 is 1.95 bits per heavy atom. The minimum Gasteiger partial charge on any atom is -0.377 e. The molecule has 2 N–H and O–H groups in total. The Morgan fingerprint density at radius 1 is 1.30 bits per heavy atom. The Hall–Kier alpha value is -1.25. The minimum absolute atomic E-state index is 0.0447. The molecule has 0 radical (unpaired) electrons. The quantitative estimate of drug-likeness (QED) is 0.707. The number of aromatic nitrogens is 2. The predicted octanol–water partition coefficient (Wildman–Crippen LogP) is 1.00. The van der Waals surface area contributed by atoms with Gasteiger partial charge in [-0.25, -0.2) is 23.1 Å². The maximum absolute atomic E-state index is 12.0. The number of sulfonamides is 1. The molecule has 7 nitrogen and oxygen atoms in total. The standard InChI is InChI=1S/C12H22N4O3S/c1-4-6-13-12-14-8-11(9-15-12)20(17,18)16-7-10(3)19-5-2/h8-10,16H,4-7H2,1-3H3,(H,13,14,15). The first-order valence-corrected chi connectivity index (χ1v) is 8.15. The Balaban J connectivity index is 2.63. The minimum atomic E-state index is -3.59. The molecular weight excluding hydrogens is 280 g/mol. The van der Waals surface area contributed by atoms with Crippen molar-refractivity contribution in [2.45, 2.75) is 38.2 Å². The highest BCUT2D eigenvalue weighted by atomic mass is 32.2. The van der Waals surface area contributed by atoms with Crippen molar-refractivity contribution in [3.63, 3.8) is 0 Å². The summed E-state index contributed by atoms with van der Waals surface area (Å²) in [6, 6.07) is 0. The molecule has 0 aliphatic rings. The molecule has 0 saturated heterocycles. The molecule has 114 valence electrons. The fraction of sp³-hybridized carbons (Fsp3) is 0.667. The van der Waals surface area contributed by atoms with Crippen LogP contribution in [-0.4, -0.2) is 44.2 Å². The highest BCUT2D eigenvalue weighted by molar-refractivity contribution is 7.89. The van der Waals surface area contributed by atoms with Gasteiger partial charge in [0.05, 0.1) is 18.5 Å². The summed E-state index contributed by atoms with van der Waals surface area (Å²) in [5, 5.41) is 2.98. The zero-order valence-electron chi connectivity index (χ0n) is 12.1. The summed E-state index contributed by atoms with van der Waals surface area (Å²) in [5.41, 5.74) is 0. The Morgan fingerprint density at radius 3 is 2.50 bits per heavy atom. The van der Waals surface area contributed by atoms with E-state index in [1.54, 1.807) is 6.92 Å². The Bertz CT molecular complexity index is 490. The maximum atomic E-state index is 12.0. The summed E-state index contributed by atoms with van der Waals surface area (Å²) >= 11 is 0. The highest BCUT2D eigenvalue weighted by Crippen LogP contribution is 2.07. The van der Waals surface area contributed by atoms with E-state index in [4.69, 9.17) is 4.74 Å². The van der Waals surface area contributed by atoms with Crippen molar-refractivity contribution >= 4 is 16.0 Å². The van der Waals surface area contributed by atoms with Crippen molar-refractivity contribution in [1.29, 1.82) is 0 Å². The average molecular weight is 302 g/mol. The Labute approximate surface area is 120 Å². The van der Waals surface area contributed by atoms with E-state index in [9.17, 15) is 8.42 Å². The Kier molecular flexibility index (Phi) is 6.83. The predicted molar refractivity (Wildman–Crippen MR) is 77.1 cm³/mol. The highest BCUT2D eigenvalue weighted by Gasteiger charge is 2.16. The fourth-order valence-electron chi connectivity index (χ4n) is 1.44. The first-order chi connectivity index (χ1) is 9.49. The van der Waals surface area contributed by atoms with Crippen molar-refractivity contribution in [1.82, 2.24) is 14.7 Å². The molecule has 1 aromatic rings. The van der Waals surface area contributed by atoms with Crippen molar-refractivity contribution < 1.29 is 13.2 Å². The van der Waals surface area contributed by atoms with Gasteiger partial charge in [-0.2, -0.15) is 0 Å². The number of hydrogen-bond donors (Lipinski definition) is 2. The van der Waals surface area contributed by atoms with Gasteiger partial charge in [-0.15, -0.1) is 0 Å². The number of ether oxygens (including phenoxy) is 1. The molecule has 1 heterocycles. The van der Waals surface area contributed by atoms with E-state index < -0.39 is 10.0 Å². The van der Waals surface area contributed by atoms with Crippen LogP contribution in [0.2, 0.25) is 0 Å². The lowest BCUT2D eigenvalue weighted by Gasteiger charge is -2.12. The molecule has 1 aromatic heterocycles. The second-order valence-electron chi connectivity index (χ2n) is 4.29. The molecule has 0 aromatic carbocycles. The number of anilines is 1. The summed E-state index contributed by atoms with van der Waals surface area (Å²) in [6.07, 6.45) is 3.35. The van der Waals surface area contributed by atoms with Crippen LogP contribution in [0.4, 0.5) is 5.95 Å². The van der Waals surface area contributed by atoms with E-state index in [-0.39, 0.29) is 17.5 Å². The van der Waals surface area contributed by atoms with Gasteiger partial charge in [-0.1, -0.05) is 6.92 Å². The van der Waals surface area contributed by atoms with Gasteiger partial charge >= 0.3 is 0 Å². The zero-order chi connectivity index (χ0) is 15.0. The van der Waals surface area contributed by atoms with Gasteiger partial charge in [-0.3, -0.25) is 0 Å². The second kappa shape index (κ2) is 8.13. The molecule has 0 amide bonds. The summed E-state index contributed by atoms with van der Waals surface area (Å²) in [4.78, 5) is 7.99. The lowest BCUT2D eigenvalue weighted by atomic mass is 10.4. The van der Waals surface area contributed by atoms with Gasteiger partial charge in [-0.05, 0) is 20.3 Å². The maximum Gasteiger partial charge on any atom is 0.243 e. The van der Waals surface area contributed by atoms with Crippen LogP contribution in [0, 0.1) is 0 Å². The summed E-state index contributed by atoms with van der Waals surface area (Å²) < 4.78 is 31.7. The van der Waals surface area contributed by atoms with E-state index in [2.05, 4.69) is 20.0 Å². The number of nitrogens with zero attached hydrogens (tertiary/aromatic N) is 2. The molecule has 1 unspecified atom stereocenters. The van der Waals surface area contributed by atoms with Gasteiger partial charge in [0.15, 0.2) is 0 Å². The second-order valence-corrected chi connectivity index (χ2v) is 6.05. The first kappa shape index (κ1) is 16.8. The van der Waals surface area contributed by atoms with E-state index in [1.165, 1.54) is 12.4 Å². The summed E-state index contributed by atoms with van der Waals surface area (Å²) in [7, 11) is -3.59. The van der Waals surface area contributed by atoms with Crippen molar-refractivity contribution in [3.8, 4) is 0 Å². The van der Waals surface area contributed by atoms with Crippen molar-refractivity contribution in [2.75, 3.05) is 25.0 Å². The topological polar surface area (TPSA) is 93.2 Å². The molecule has 0 aliphatic heterocycles. The smallest absolute Gasteiger partial charge is 0.243 e. The lowest BCUT2D eigenvalue weighted by Crippen LogP contribution is -2.32. The van der Waals surface area contributed by atoms with Crippen LogP contribution in [0.3, 0.4) is 0 Å². The zero-order valence-corrected chi connectivity index (χ0v) is 12.9. The normalized spacial score (nSPS) is 13.2. The van der Waals surface area contributed by atoms with Crippen LogP contribution in [0.25, 0.3) is 0 Å². The molecule has 0 saturated carbocycles. The van der Waals surface area contributed by atoms with Crippen molar-refractivity contribution in [3.05, 3.63) is 12.4 Å². The van der Waals surface area contributed by atoms with Crippen molar-refractivity contribution in [2.24, 2.45) is 0 Å². The van der Waals surface area contributed by atoms with Crippen LogP contribution in [0.15, 0.2) is 17.3 Å². The third-order valence-corrected chi connectivity index (χ3v) is 3.86. The van der Waals surface area contributed by atoms with Gasteiger partial charge in [0.2, 0.25) is 16.0 Å². The molecule has 0 aliphatic carbocycles. The molecular formula is C12H22N4O3S. The first-order valence-electron chi connectivity index (χ1n) is 6.66. The SMILES string of the molecule is CCCNc1ncc(S(=O)(=O)NCC(C)OCC)cn1. The lowest BCUT2D eigenvalue weighted by molar-refractivity contribution is 0.0799. The third-order valence-electron chi connectivity index (χ3n) is 2.48. The van der Waals surface area contributed by atoms with Gasteiger partial charge in [0.25, 0.3) is 0 Å². The van der Waals surface area contributed by atoms with Gasteiger partial charge in [0.1, 0.15) is 4.90 Å². The molecule has 20 heavy (non-hydrogen) atoms. The summed E-state index contributed by atoms with van der Waals surface area (Å²) in [6.45, 7) is 7.20. The molecule has 0 fully saturated rings. The van der Waals surface area contributed by atoms with Crippen LogP contribution in [-0.2, 0) is 14.8 Å². The van der Waals surface area contributed by atoms with Crippen LogP contribution in [0.1, 0.15) is 27.2 Å². The third kappa shape index (κ3) is 5.40. The number of hydrogen-bond acceptors (Lipinski definition) is 6. The summed E-state index contributed by atoms with van der Waals surface area (Å²) in [5.74, 6) is 0.425. The van der Waals surface area contributed by atoms with Crippen LogP contribution >= 0.6 is 0 Å². The largest absolute Gasteiger partial charge is 0.377 e. The van der Waals surface area contributed by atoms with Crippen LogP contribution < -0.4 is 10.0 Å². The van der Waals surface area contributed by atoms with Crippen LogP contribution in [0.5, 0.6) is 0 Å². The van der Waals surface area contributed by atoms with Gasteiger partial charge < -0.3 is 10.1 Å². The van der Waals surface area contributed by atoms with Gasteiger partial charge in [0, 0.05) is 19.7 Å². The number of rotatable bonds is 9. The molecule has 0 spiro atoms. The fourth-order valence-corrected chi connectivity index (χ4v) is 2.44. The molecule has 1 atom stereocenters. The molecule has 0 bridgehead atoms. The average Bonchev–Trinajstić information content (AvgIpc) is 2.44. The van der Waals surface area contributed by atoms with E-state index in [0.717, 1.165) is 13.0 Å². The van der Waals surface area contributed by atoms with E-state index >= 15 is 0 Å². The van der Waals surface area contributed by atoms with E-state index in [1.807, 2.05) is 13.8 Å². The molecule has 1 rings (SSSR count).